The van der Waals surface area contributed by atoms with E-state index in [1.807, 2.05) is 0 Å². The average molecular weight is 239 g/mol. The van der Waals surface area contributed by atoms with E-state index in [1.165, 1.54) is 17.6 Å². The maximum atomic E-state index is 10.8. The minimum absolute atomic E-state index is 0.0904. The average Bonchev–Trinajstić information content (AvgIpc) is 2.83. The highest BCUT2D eigenvalue weighted by Gasteiger charge is 2.13. The van der Waals surface area contributed by atoms with Gasteiger partial charge in [0.05, 0.1) is 6.54 Å². The van der Waals surface area contributed by atoms with Crippen LogP contribution in [0.25, 0.3) is 0 Å². The Balaban J connectivity index is 2.05. The molecule has 2 aromatic heterocycles. The molecule has 0 amide bonds. The molecule has 0 spiro atoms. The summed E-state index contributed by atoms with van der Waals surface area (Å²) in [5.74, 6) is -1.01. The molecule has 0 aliphatic carbocycles. The minimum Gasteiger partial charge on any atom is -0.476 e. The second-order valence-electron chi connectivity index (χ2n) is 3.07. The molecule has 0 radical (unpaired) electrons. The van der Waals surface area contributed by atoms with Crippen LogP contribution in [0.3, 0.4) is 0 Å². The second kappa shape index (κ2) is 4.31. The molecule has 0 bridgehead atoms. The number of thiazole rings is 1. The normalized spacial score (nSPS) is 10.3. The molecule has 84 valence electrons. The summed E-state index contributed by atoms with van der Waals surface area (Å²) in [5, 5.41) is 16.1. The van der Waals surface area contributed by atoms with Crippen molar-refractivity contribution in [2.75, 3.05) is 5.32 Å². The third-order valence-electron chi connectivity index (χ3n) is 1.91. The first-order valence-corrected chi connectivity index (χ1v) is 5.32. The van der Waals surface area contributed by atoms with E-state index in [4.69, 9.17) is 5.11 Å². The Morgan fingerprint density at radius 3 is 3.06 bits per heavy atom. The van der Waals surface area contributed by atoms with Crippen molar-refractivity contribution in [1.82, 2.24) is 10.1 Å². The molecule has 6 nitrogen and oxygen atoms in total. The van der Waals surface area contributed by atoms with Crippen molar-refractivity contribution < 1.29 is 14.4 Å². The maximum absolute atomic E-state index is 10.8. The minimum atomic E-state index is -1.01. The van der Waals surface area contributed by atoms with Crippen LogP contribution < -0.4 is 5.32 Å². The fourth-order valence-corrected chi connectivity index (χ4v) is 1.97. The van der Waals surface area contributed by atoms with E-state index in [1.54, 1.807) is 13.0 Å². The number of carboxylic acids is 1. The molecular weight excluding hydrogens is 230 g/mol. The SMILES string of the molecule is Cc1sc(NCc2ccon2)nc1C(=O)O. The van der Waals surface area contributed by atoms with Gasteiger partial charge in [0.15, 0.2) is 10.8 Å². The van der Waals surface area contributed by atoms with Crippen molar-refractivity contribution in [1.29, 1.82) is 0 Å². The molecule has 2 aromatic rings. The highest BCUT2D eigenvalue weighted by atomic mass is 32.1. The molecule has 2 heterocycles. The number of nitrogens with one attached hydrogen (secondary N) is 1. The molecule has 0 saturated carbocycles. The topological polar surface area (TPSA) is 88.3 Å². The van der Waals surface area contributed by atoms with Crippen LogP contribution in [0.4, 0.5) is 5.13 Å². The van der Waals surface area contributed by atoms with E-state index in [0.29, 0.717) is 16.6 Å². The smallest absolute Gasteiger partial charge is 0.355 e. The van der Waals surface area contributed by atoms with Crippen LogP contribution in [0.2, 0.25) is 0 Å². The first kappa shape index (κ1) is 10.6. The number of anilines is 1. The van der Waals surface area contributed by atoms with Gasteiger partial charge in [-0.25, -0.2) is 9.78 Å². The maximum Gasteiger partial charge on any atom is 0.355 e. The van der Waals surface area contributed by atoms with E-state index in [9.17, 15) is 4.79 Å². The van der Waals surface area contributed by atoms with Crippen LogP contribution in [0.1, 0.15) is 21.1 Å². The third-order valence-corrected chi connectivity index (χ3v) is 2.84. The van der Waals surface area contributed by atoms with Crippen molar-refractivity contribution in [3.05, 3.63) is 28.6 Å². The van der Waals surface area contributed by atoms with E-state index in [0.717, 1.165) is 5.69 Å². The molecule has 0 atom stereocenters. The summed E-state index contributed by atoms with van der Waals surface area (Å²) >= 11 is 1.30. The predicted octanol–water partition coefficient (Wildman–Crippen LogP) is 1.75. The van der Waals surface area contributed by atoms with Crippen molar-refractivity contribution >= 4 is 22.4 Å². The Kier molecular flexibility index (Phi) is 2.86. The van der Waals surface area contributed by atoms with Gasteiger partial charge in [-0.15, -0.1) is 11.3 Å². The van der Waals surface area contributed by atoms with Gasteiger partial charge in [-0.05, 0) is 6.92 Å². The summed E-state index contributed by atoms with van der Waals surface area (Å²) in [6.07, 6.45) is 1.48. The van der Waals surface area contributed by atoms with Gasteiger partial charge in [-0.2, -0.15) is 0 Å². The van der Waals surface area contributed by atoms with Crippen LogP contribution >= 0.6 is 11.3 Å². The van der Waals surface area contributed by atoms with Crippen LogP contribution in [0.15, 0.2) is 16.9 Å². The second-order valence-corrected chi connectivity index (χ2v) is 4.28. The van der Waals surface area contributed by atoms with Crippen molar-refractivity contribution in [2.45, 2.75) is 13.5 Å². The standard InChI is InChI=1S/C9H9N3O3S/c1-5-7(8(13)14)11-9(16-5)10-4-6-2-3-15-12-6/h2-3H,4H2,1H3,(H,10,11)(H,13,14). The molecule has 0 saturated heterocycles. The summed E-state index contributed by atoms with van der Waals surface area (Å²) in [5.41, 5.74) is 0.831. The lowest BCUT2D eigenvalue weighted by atomic mass is 10.4. The third kappa shape index (κ3) is 2.19. The number of carboxylic acid groups (broad SMARTS) is 1. The molecule has 2 rings (SSSR count). The van der Waals surface area contributed by atoms with Crippen molar-refractivity contribution in [2.24, 2.45) is 0 Å². The monoisotopic (exact) mass is 239 g/mol. The molecule has 0 unspecified atom stereocenters. The van der Waals surface area contributed by atoms with Crippen LogP contribution in [-0.2, 0) is 6.54 Å². The van der Waals surface area contributed by atoms with Gasteiger partial charge in [0.25, 0.3) is 0 Å². The number of aromatic carboxylic acids is 1. The predicted molar refractivity (Wildman–Crippen MR) is 57.6 cm³/mol. The van der Waals surface area contributed by atoms with Crippen molar-refractivity contribution in [3.8, 4) is 0 Å². The lowest BCUT2D eigenvalue weighted by Gasteiger charge is -1.96. The Labute approximate surface area is 94.9 Å². The molecule has 0 aromatic carbocycles. The highest BCUT2D eigenvalue weighted by Crippen LogP contribution is 2.22. The van der Waals surface area contributed by atoms with Gasteiger partial charge < -0.3 is 14.9 Å². The fraction of sp³-hybridized carbons (Fsp3) is 0.222. The summed E-state index contributed by atoms with van der Waals surface area (Å²) in [7, 11) is 0. The zero-order valence-electron chi connectivity index (χ0n) is 8.43. The van der Waals surface area contributed by atoms with Gasteiger partial charge in [-0.3, -0.25) is 0 Å². The van der Waals surface area contributed by atoms with Gasteiger partial charge in [0, 0.05) is 10.9 Å². The van der Waals surface area contributed by atoms with Gasteiger partial charge in [-0.1, -0.05) is 5.16 Å². The summed E-state index contributed by atoms with van der Waals surface area (Å²) in [6.45, 7) is 2.19. The first-order chi connectivity index (χ1) is 7.66. The van der Waals surface area contributed by atoms with Gasteiger partial charge in [0.1, 0.15) is 12.0 Å². The molecule has 0 fully saturated rings. The van der Waals surface area contributed by atoms with E-state index >= 15 is 0 Å². The van der Waals surface area contributed by atoms with Gasteiger partial charge in [0.2, 0.25) is 0 Å². The number of hydrogen-bond acceptors (Lipinski definition) is 6. The number of nitrogens with zero attached hydrogens (tertiary/aromatic N) is 2. The zero-order chi connectivity index (χ0) is 11.5. The molecular formula is C9H9N3O3S. The fourth-order valence-electron chi connectivity index (χ4n) is 1.17. The van der Waals surface area contributed by atoms with Gasteiger partial charge >= 0.3 is 5.97 Å². The van der Waals surface area contributed by atoms with Crippen LogP contribution in [-0.4, -0.2) is 21.2 Å². The zero-order valence-corrected chi connectivity index (χ0v) is 9.24. The lowest BCUT2D eigenvalue weighted by Crippen LogP contribution is -2.01. The number of carbonyl (C=O) groups is 1. The number of hydrogen-bond donors (Lipinski definition) is 2. The number of aromatic nitrogens is 2. The number of rotatable bonds is 4. The molecule has 0 aliphatic rings. The highest BCUT2D eigenvalue weighted by molar-refractivity contribution is 7.15. The lowest BCUT2D eigenvalue weighted by molar-refractivity contribution is 0.0690. The van der Waals surface area contributed by atoms with E-state index in [2.05, 4.69) is 20.0 Å². The van der Waals surface area contributed by atoms with Crippen LogP contribution in [0.5, 0.6) is 0 Å². The van der Waals surface area contributed by atoms with Crippen LogP contribution in [0, 0.1) is 6.92 Å². The number of aryl methyl sites for hydroxylation is 1. The summed E-state index contributed by atoms with van der Waals surface area (Å²) < 4.78 is 4.67. The molecule has 0 aliphatic heterocycles. The van der Waals surface area contributed by atoms with E-state index in [-0.39, 0.29) is 5.69 Å². The van der Waals surface area contributed by atoms with E-state index < -0.39 is 5.97 Å². The van der Waals surface area contributed by atoms with Crippen molar-refractivity contribution in [3.63, 3.8) is 0 Å². The Hall–Kier alpha value is -1.89. The molecule has 7 heteroatoms. The summed E-state index contributed by atoms with van der Waals surface area (Å²) in [4.78, 5) is 15.4. The summed E-state index contributed by atoms with van der Waals surface area (Å²) in [6, 6.07) is 1.73. The first-order valence-electron chi connectivity index (χ1n) is 4.50. The largest absolute Gasteiger partial charge is 0.476 e. The molecule has 16 heavy (non-hydrogen) atoms. The Morgan fingerprint density at radius 2 is 2.50 bits per heavy atom. The Morgan fingerprint density at radius 1 is 1.69 bits per heavy atom. The quantitative estimate of drug-likeness (QED) is 0.845. The Bertz CT molecular complexity index is 492. The molecule has 2 N–H and O–H groups in total.